The van der Waals surface area contributed by atoms with Gasteiger partial charge in [-0.1, -0.05) is 43.2 Å². The van der Waals surface area contributed by atoms with Gasteiger partial charge in [0.1, 0.15) is 0 Å². The Morgan fingerprint density at radius 2 is 1.85 bits per heavy atom. The van der Waals surface area contributed by atoms with Crippen LogP contribution in [0.3, 0.4) is 0 Å². The van der Waals surface area contributed by atoms with E-state index in [2.05, 4.69) is 17.4 Å². The molecule has 0 atom stereocenters. The highest BCUT2D eigenvalue weighted by atomic mass is 35.5. The van der Waals surface area contributed by atoms with Crippen LogP contribution in [-0.4, -0.2) is 38.0 Å². The van der Waals surface area contributed by atoms with E-state index in [-0.39, 0.29) is 23.7 Å². The summed E-state index contributed by atoms with van der Waals surface area (Å²) in [6.45, 7) is 1.61. The Hall–Kier alpha value is -1.06. The first kappa shape index (κ1) is 17.0. The van der Waals surface area contributed by atoms with Crippen LogP contribution in [0.5, 0.6) is 0 Å². The van der Waals surface area contributed by atoms with E-state index >= 15 is 0 Å². The van der Waals surface area contributed by atoms with Gasteiger partial charge in [0, 0.05) is 20.1 Å². The third kappa shape index (κ3) is 3.33. The van der Waals surface area contributed by atoms with Crippen LogP contribution in [0.1, 0.15) is 31.2 Å². The molecular weight excluding hydrogens is 272 g/mol. The molecule has 20 heavy (non-hydrogen) atoms. The predicted molar refractivity (Wildman–Crippen MR) is 85.4 cm³/mol. The van der Waals surface area contributed by atoms with Gasteiger partial charge in [-0.3, -0.25) is 4.79 Å². The molecule has 2 rings (SSSR count). The fourth-order valence-electron chi connectivity index (χ4n) is 3.11. The van der Waals surface area contributed by atoms with Crippen molar-refractivity contribution in [3.05, 3.63) is 35.9 Å². The molecule has 1 aliphatic carbocycles. The van der Waals surface area contributed by atoms with Gasteiger partial charge < -0.3 is 10.2 Å². The summed E-state index contributed by atoms with van der Waals surface area (Å²) in [5, 5.41) is 3.10. The van der Waals surface area contributed by atoms with E-state index < -0.39 is 0 Å². The number of carbonyl (C=O) groups is 1. The Labute approximate surface area is 128 Å². The average Bonchev–Trinajstić information content (AvgIpc) is 2.95. The van der Waals surface area contributed by atoms with Crippen LogP contribution in [-0.2, 0) is 10.2 Å². The first-order chi connectivity index (χ1) is 9.20. The summed E-state index contributed by atoms with van der Waals surface area (Å²) < 4.78 is 0. The molecule has 0 heterocycles. The number of nitrogens with one attached hydrogen (secondary N) is 1. The zero-order valence-corrected chi connectivity index (χ0v) is 13.2. The van der Waals surface area contributed by atoms with Crippen molar-refractivity contribution in [2.75, 3.05) is 27.2 Å². The quantitative estimate of drug-likeness (QED) is 0.906. The van der Waals surface area contributed by atoms with E-state index in [4.69, 9.17) is 0 Å². The molecule has 3 nitrogen and oxygen atoms in total. The molecule has 0 bridgehead atoms. The molecule has 1 saturated carbocycles. The summed E-state index contributed by atoms with van der Waals surface area (Å²) in [5.41, 5.74) is 0.915. The lowest BCUT2D eigenvalue weighted by Crippen LogP contribution is -2.45. The first-order valence-corrected chi connectivity index (χ1v) is 7.16. The van der Waals surface area contributed by atoms with Crippen molar-refractivity contribution in [3.63, 3.8) is 0 Å². The van der Waals surface area contributed by atoms with Gasteiger partial charge in [0.05, 0.1) is 5.41 Å². The van der Waals surface area contributed by atoms with Crippen molar-refractivity contribution in [3.8, 4) is 0 Å². The lowest BCUT2D eigenvalue weighted by molar-refractivity contribution is -0.136. The monoisotopic (exact) mass is 296 g/mol. The molecule has 1 aromatic rings. The van der Waals surface area contributed by atoms with Crippen molar-refractivity contribution >= 4 is 18.3 Å². The van der Waals surface area contributed by atoms with Crippen molar-refractivity contribution in [1.29, 1.82) is 0 Å². The van der Waals surface area contributed by atoms with Gasteiger partial charge in [0.15, 0.2) is 0 Å². The maximum absolute atomic E-state index is 12.9. The molecule has 112 valence electrons. The molecule has 1 aromatic carbocycles. The van der Waals surface area contributed by atoms with Crippen molar-refractivity contribution in [2.24, 2.45) is 0 Å². The molecular formula is C16H25ClN2O. The third-order valence-electron chi connectivity index (χ3n) is 4.24. The molecule has 1 N–H and O–H groups in total. The fourth-order valence-corrected chi connectivity index (χ4v) is 3.11. The van der Waals surface area contributed by atoms with E-state index in [0.717, 1.165) is 38.8 Å². The fraction of sp³-hybridized carbons (Fsp3) is 0.562. The number of hydrogen-bond acceptors (Lipinski definition) is 2. The molecule has 4 heteroatoms. The maximum Gasteiger partial charge on any atom is 0.233 e. The molecule has 0 aromatic heterocycles. The normalized spacial score (nSPS) is 16.5. The van der Waals surface area contributed by atoms with Crippen LogP contribution in [0.25, 0.3) is 0 Å². The second kappa shape index (κ2) is 7.65. The number of likely N-dealkylation sites (N-methyl/N-ethyl adjacent to an activating group) is 2. The van der Waals surface area contributed by atoms with E-state index in [1.54, 1.807) is 0 Å². The number of carbonyl (C=O) groups excluding carboxylic acids is 1. The minimum absolute atomic E-state index is 0. The topological polar surface area (TPSA) is 32.3 Å². The van der Waals surface area contributed by atoms with Gasteiger partial charge in [0.25, 0.3) is 0 Å². The second-order valence-electron chi connectivity index (χ2n) is 5.49. The molecule has 0 aliphatic heterocycles. The highest BCUT2D eigenvalue weighted by Crippen LogP contribution is 2.42. The first-order valence-electron chi connectivity index (χ1n) is 7.16. The number of halogens is 1. The van der Waals surface area contributed by atoms with Gasteiger partial charge in [-0.15, -0.1) is 12.4 Å². The molecule has 1 amide bonds. The Balaban J connectivity index is 0.00000200. The van der Waals surface area contributed by atoms with Crippen LogP contribution in [0.2, 0.25) is 0 Å². The van der Waals surface area contributed by atoms with Gasteiger partial charge >= 0.3 is 0 Å². The third-order valence-corrected chi connectivity index (χ3v) is 4.24. The molecule has 1 aliphatic rings. The number of hydrogen-bond donors (Lipinski definition) is 1. The highest BCUT2D eigenvalue weighted by Gasteiger charge is 2.43. The van der Waals surface area contributed by atoms with Gasteiger partial charge in [-0.25, -0.2) is 0 Å². The average molecular weight is 297 g/mol. The van der Waals surface area contributed by atoms with Crippen LogP contribution < -0.4 is 5.32 Å². The number of benzene rings is 1. The summed E-state index contributed by atoms with van der Waals surface area (Å²) in [4.78, 5) is 14.8. The second-order valence-corrected chi connectivity index (χ2v) is 5.49. The SMILES string of the molecule is CNCCN(C)C(=O)C1(c2ccccc2)CCCC1.Cl. The lowest BCUT2D eigenvalue weighted by atomic mass is 9.77. The number of amides is 1. The Bertz CT molecular complexity index is 416. The van der Waals surface area contributed by atoms with Crippen LogP contribution in [0, 0.1) is 0 Å². The molecule has 0 saturated heterocycles. The summed E-state index contributed by atoms with van der Waals surface area (Å²) >= 11 is 0. The summed E-state index contributed by atoms with van der Waals surface area (Å²) in [6, 6.07) is 10.3. The number of rotatable bonds is 5. The van der Waals surface area contributed by atoms with E-state index in [0.29, 0.717) is 0 Å². The van der Waals surface area contributed by atoms with Crippen molar-refractivity contribution < 1.29 is 4.79 Å². The Kier molecular flexibility index (Phi) is 6.50. The maximum atomic E-state index is 12.9. The van der Waals surface area contributed by atoms with Crippen molar-refractivity contribution in [2.45, 2.75) is 31.1 Å². The van der Waals surface area contributed by atoms with Crippen LogP contribution >= 0.6 is 12.4 Å². The number of nitrogens with zero attached hydrogens (tertiary/aromatic N) is 1. The minimum atomic E-state index is -0.274. The van der Waals surface area contributed by atoms with Gasteiger partial charge in [0.2, 0.25) is 5.91 Å². The Morgan fingerprint density at radius 3 is 2.40 bits per heavy atom. The van der Waals surface area contributed by atoms with Crippen LogP contribution in [0.15, 0.2) is 30.3 Å². The van der Waals surface area contributed by atoms with Gasteiger partial charge in [-0.05, 0) is 25.5 Å². The molecule has 0 spiro atoms. The van der Waals surface area contributed by atoms with E-state index in [9.17, 15) is 4.79 Å². The zero-order chi connectivity index (χ0) is 13.7. The smallest absolute Gasteiger partial charge is 0.233 e. The standard InChI is InChI=1S/C16H24N2O.ClH/c1-17-12-13-18(2)15(19)16(10-6-7-11-16)14-8-4-3-5-9-14;/h3-5,8-9,17H,6-7,10-13H2,1-2H3;1H. The predicted octanol–water partition coefficient (Wildman–Crippen LogP) is 2.60. The van der Waals surface area contributed by atoms with Gasteiger partial charge in [-0.2, -0.15) is 0 Å². The molecule has 0 radical (unpaired) electrons. The summed E-state index contributed by atoms with van der Waals surface area (Å²) in [6.07, 6.45) is 4.28. The van der Waals surface area contributed by atoms with Crippen LogP contribution in [0.4, 0.5) is 0 Å². The summed E-state index contributed by atoms with van der Waals surface area (Å²) in [5.74, 6) is 0.284. The summed E-state index contributed by atoms with van der Waals surface area (Å²) in [7, 11) is 3.84. The highest BCUT2D eigenvalue weighted by molar-refractivity contribution is 5.88. The van der Waals surface area contributed by atoms with E-state index in [1.165, 1.54) is 5.56 Å². The minimum Gasteiger partial charge on any atom is -0.344 e. The zero-order valence-electron chi connectivity index (χ0n) is 12.4. The van der Waals surface area contributed by atoms with Crippen molar-refractivity contribution in [1.82, 2.24) is 10.2 Å². The Morgan fingerprint density at radius 1 is 1.25 bits per heavy atom. The molecule has 0 unspecified atom stereocenters. The largest absolute Gasteiger partial charge is 0.344 e. The lowest BCUT2D eigenvalue weighted by Gasteiger charge is -2.33. The van der Waals surface area contributed by atoms with E-state index in [1.807, 2.05) is 37.2 Å². The molecule has 1 fully saturated rings.